The highest BCUT2D eigenvalue weighted by Crippen LogP contribution is 2.15. The SMILES string of the molecule is Cn1oc(=O)c2cccc(C(=O)O)c21. The Kier molecular flexibility index (Phi) is 1.67. The quantitative estimate of drug-likeness (QED) is 0.728. The summed E-state index contributed by atoms with van der Waals surface area (Å²) in [7, 11) is 1.50. The van der Waals surface area contributed by atoms with Crippen molar-refractivity contribution in [3.63, 3.8) is 0 Å². The summed E-state index contributed by atoms with van der Waals surface area (Å²) in [5, 5.41) is 9.14. The Morgan fingerprint density at radius 1 is 1.50 bits per heavy atom. The summed E-state index contributed by atoms with van der Waals surface area (Å²) in [6.45, 7) is 0. The highest BCUT2D eigenvalue weighted by Gasteiger charge is 2.14. The van der Waals surface area contributed by atoms with E-state index in [4.69, 9.17) is 9.63 Å². The number of aryl methyl sites for hydroxylation is 1. The fourth-order valence-electron chi connectivity index (χ4n) is 1.44. The number of carboxylic acid groups (broad SMARTS) is 1. The van der Waals surface area contributed by atoms with Gasteiger partial charge in [-0.15, -0.1) is 0 Å². The number of aromatic carboxylic acids is 1. The van der Waals surface area contributed by atoms with Gasteiger partial charge in [-0.05, 0) is 12.1 Å². The van der Waals surface area contributed by atoms with E-state index in [2.05, 4.69) is 0 Å². The minimum Gasteiger partial charge on any atom is -0.478 e. The van der Waals surface area contributed by atoms with Crippen LogP contribution in [0.2, 0.25) is 0 Å². The number of carboxylic acids is 1. The minimum absolute atomic E-state index is 0.0656. The molecule has 0 radical (unpaired) electrons. The first-order valence-electron chi connectivity index (χ1n) is 3.93. The molecule has 0 atom stereocenters. The molecule has 0 amide bonds. The number of rotatable bonds is 1. The molecule has 0 fully saturated rings. The van der Waals surface area contributed by atoms with E-state index >= 15 is 0 Å². The zero-order valence-corrected chi connectivity index (χ0v) is 7.35. The van der Waals surface area contributed by atoms with Gasteiger partial charge in [-0.3, -0.25) is 0 Å². The largest absolute Gasteiger partial charge is 0.478 e. The van der Waals surface area contributed by atoms with Gasteiger partial charge in [-0.25, -0.2) is 14.3 Å². The summed E-state index contributed by atoms with van der Waals surface area (Å²) in [6, 6.07) is 4.48. The molecule has 0 saturated carbocycles. The van der Waals surface area contributed by atoms with Gasteiger partial charge in [0.05, 0.1) is 10.9 Å². The highest BCUT2D eigenvalue weighted by molar-refractivity contribution is 6.01. The maximum absolute atomic E-state index is 11.2. The van der Waals surface area contributed by atoms with E-state index in [1.165, 1.54) is 30.0 Å². The van der Waals surface area contributed by atoms with E-state index in [1.54, 1.807) is 0 Å². The monoisotopic (exact) mass is 193 g/mol. The Morgan fingerprint density at radius 2 is 2.21 bits per heavy atom. The molecule has 0 aliphatic rings. The number of para-hydroxylation sites is 1. The first-order chi connectivity index (χ1) is 6.61. The Morgan fingerprint density at radius 3 is 2.86 bits per heavy atom. The van der Waals surface area contributed by atoms with E-state index in [-0.39, 0.29) is 10.9 Å². The van der Waals surface area contributed by atoms with Crippen molar-refractivity contribution >= 4 is 16.9 Å². The van der Waals surface area contributed by atoms with Crippen LogP contribution in [0.4, 0.5) is 0 Å². The average Bonchev–Trinajstić information content (AvgIpc) is 2.43. The Labute approximate surface area is 78.1 Å². The second-order valence-electron chi connectivity index (χ2n) is 2.88. The number of hydrogen-bond donors (Lipinski definition) is 1. The number of benzene rings is 1. The molecule has 0 unspecified atom stereocenters. The number of carbonyl (C=O) groups is 1. The minimum atomic E-state index is -1.08. The van der Waals surface area contributed by atoms with Gasteiger partial charge < -0.3 is 9.63 Å². The average molecular weight is 193 g/mol. The molecule has 5 nitrogen and oxygen atoms in total. The molecule has 2 aromatic rings. The zero-order valence-electron chi connectivity index (χ0n) is 7.35. The summed E-state index contributed by atoms with van der Waals surface area (Å²) in [6.07, 6.45) is 0. The van der Waals surface area contributed by atoms with Crippen molar-refractivity contribution in [2.24, 2.45) is 7.05 Å². The molecule has 72 valence electrons. The number of fused-ring (bicyclic) bond motifs is 1. The Bertz CT molecular complexity index is 564. The molecule has 1 aromatic carbocycles. The number of nitrogens with zero attached hydrogens (tertiary/aromatic N) is 1. The van der Waals surface area contributed by atoms with Crippen molar-refractivity contribution in [2.45, 2.75) is 0 Å². The zero-order chi connectivity index (χ0) is 10.3. The summed E-state index contributed by atoms with van der Waals surface area (Å²) >= 11 is 0. The smallest absolute Gasteiger partial charge is 0.365 e. The summed E-state index contributed by atoms with van der Waals surface area (Å²) < 4.78 is 5.92. The summed E-state index contributed by atoms with van der Waals surface area (Å²) in [5.41, 5.74) is -0.147. The van der Waals surface area contributed by atoms with Crippen LogP contribution in [0.1, 0.15) is 10.4 Å². The van der Waals surface area contributed by atoms with Crippen molar-refractivity contribution < 1.29 is 14.4 Å². The molecule has 0 spiro atoms. The van der Waals surface area contributed by atoms with Crippen molar-refractivity contribution in [3.05, 3.63) is 34.2 Å². The van der Waals surface area contributed by atoms with Crippen LogP contribution in [-0.2, 0) is 7.05 Å². The lowest BCUT2D eigenvalue weighted by molar-refractivity contribution is 0.0698. The van der Waals surface area contributed by atoms with Gasteiger partial charge in [-0.2, -0.15) is 0 Å². The van der Waals surface area contributed by atoms with Crippen LogP contribution < -0.4 is 5.63 Å². The maximum Gasteiger partial charge on any atom is 0.365 e. The fraction of sp³-hybridized carbons (Fsp3) is 0.111. The van der Waals surface area contributed by atoms with Crippen LogP contribution in [0.15, 0.2) is 27.5 Å². The summed E-state index contributed by atoms with van der Waals surface area (Å²) in [5.74, 6) is -1.08. The Hall–Kier alpha value is -2.04. The molecular weight excluding hydrogens is 186 g/mol. The highest BCUT2D eigenvalue weighted by atomic mass is 16.5. The van der Waals surface area contributed by atoms with Gasteiger partial charge in [0, 0.05) is 7.05 Å². The van der Waals surface area contributed by atoms with E-state index in [9.17, 15) is 9.59 Å². The third-order valence-corrected chi connectivity index (χ3v) is 2.02. The van der Waals surface area contributed by atoms with Crippen LogP contribution in [0, 0.1) is 0 Å². The third kappa shape index (κ3) is 1.02. The molecule has 0 saturated heterocycles. The number of aromatic nitrogens is 1. The molecule has 1 N–H and O–H groups in total. The van der Waals surface area contributed by atoms with Crippen LogP contribution in [0.3, 0.4) is 0 Å². The van der Waals surface area contributed by atoms with Gasteiger partial charge in [-0.1, -0.05) is 6.07 Å². The van der Waals surface area contributed by atoms with Gasteiger partial charge >= 0.3 is 11.6 Å². The molecule has 1 heterocycles. The molecule has 0 aliphatic carbocycles. The maximum atomic E-state index is 11.2. The third-order valence-electron chi connectivity index (χ3n) is 2.02. The van der Waals surface area contributed by atoms with Crippen molar-refractivity contribution in [2.75, 3.05) is 0 Å². The topological polar surface area (TPSA) is 72.4 Å². The molecule has 0 aliphatic heterocycles. The second-order valence-corrected chi connectivity index (χ2v) is 2.88. The van der Waals surface area contributed by atoms with Crippen LogP contribution in [-0.4, -0.2) is 15.8 Å². The van der Waals surface area contributed by atoms with E-state index in [1.807, 2.05) is 0 Å². The second kappa shape index (κ2) is 2.73. The molecule has 5 heteroatoms. The van der Waals surface area contributed by atoms with E-state index < -0.39 is 11.6 Å². The molecule has 0 bridgehead atoms. The summed E-state index contributed by atoms with van der Waals surface area (Å²) in [4.78, 5) is 22.0. The predicted molar refractivity (Wildman–Crippen MR) is 48.4 cm³/mol. The van der Waals surface area contributed by atoms with Gasteiger partial charge in [0.15, 0.2) is 0 Å². The van der Waals surface area contributed by atoms with E-state index in [0.29, 0.717) is 5.52 Å². The molecule has 14 heavy (non-hydrogen) atoms. The van der Waals surface area contributed by atoms with Crippen LogP contribution >= 0.6 is 0 Å². The van der Waals surface area contributed by atoms with Crippen molar-refractivity contribution in [3.8, 4) is 0 Å². The van der Waals surface area contributed by atoms with Gasteiger partial charge in [0.25, 0.3) is 0 Å². The molecule has 1 aromatic heterocycles. The normalized spacial score (nSPS) is 10.6. The number of hydrogen-bond acceptors (Lipinski definition) is 3. The first kappa shape index (κ1) is 8.55. The lowest BCUT2D eigenvalue weighted by Crippen LogP contribution is -2.00. The lowest BCUT2D eigenvalue weighted by atomic mass is 10.1. The molecule has 2 rings (SSSR count). The van der Waals surface area contributed by atoms with Crippen LogP contribution in [0.25, 0.3) is 10.9 Å². The first-order valence-corrected chi connectivity index (χ1v) is 3.93. The fourth-order valence-corrected chi connectivity index (χ4v) is 1.44. The standard InChI is InChI=1S/C9H7NO4/c1-10-7-5(8(11)12)3-2-4-6(7)9(13)14-10/h2-4H,1H3,(H,11,12). The van der Waals surface area contributed by atoms with Crippen molar-refractivity contribution in [1.29, 1.82) is 0 Å². The Balaban J connectivity index is 3.00. The predicted octanol–water partition coefficient (Wildman–Crippen LogP) is 0.830. The van der Waals surface area contributed by atoms with Crippen LogP contribution in [0.5, 0.6) is 0 Å². The molecular formula is C9H7NO4. The van der Waals surface area contributed by atoms with E-state index in [0.717, 1.165) is 0 Å². The lowest BCUT2D eigenvalue weighted by Gasteiger charge is -1.97. The van der Waals surface area contributed by atoms with Gasteiger partial charge in [0.1, 0.15) is 5.52 Å². The van der Waals surface area contributed by atoms with Crippen molar-refractivity contribution in [1.82, 2.24) is 4.74 Å². The van der Waals surface area contributed by atoms with Gasteiger partial charge in [0.2, 0.25) is 0 Å².